The highest BCUT2D eigenvalue weighted by molar-refractivity contribution is 7.51. The highest BCUT2D eigenvalue weighted by Gasteiger charge is 2.45. The number of anilines is 1. The predicted molar refractivity (Wildman–Crippen MR) is 87.8 cm³/mol. The number of nitrogens with zero attached hydrogens (tertiary/aromatic N) is 4. The van der Waals surface area contributed by atoms with E-state index >= 15 is 0 Å². The Morgan fingerprint density at radius 3 is 3.00 bits per heavy atom. The average Bonchev–Trinajstić information content (AvgIpc) is 3.17. The number of hydrogen-bond acceptors (Lipinski definition) is 10. The van der Waals surface area contributed by atoms with E-state index in [4.69, 9.17) is 19.5 Å². The molecule has 0 saturated carbocycles. The highest BCUT2D eigenvalue weighted by Crippen LogP contribution is 2.46. The fraction of sp³-hybridized carbons (Fsp3) is 0.615. The van der Waals surface area contributed by atoms with E-state index in [2.05, 4.69) is 20.0 Å². The van der Waals surface area contributed by atoms with Gasteiger partial charge in [-0.05, 0) is 6.42 Å². The van der Waals surface area contributed by atoms with Crippen molar-refractivity contribution in [2.45, 2.75) is 31.0 Å². The lowest BCUT2D eigenvalue weighted by atomic mass is 10.1. The molecule has 2 aromatic heterocycles. The Morgan fingerprint density at radius 1 is 1.38 bits per heavy atom. The molecule has 5 N–H and O–H groups in total. The number of hydrogen-bond donors (Lipinski definition) is 4. The van der Waals surface area contributed by atoms with Gasteiger partial charge in [0.15, 0.2) is 17.7 Å². The van der Waals surface area contributed by atoms with Crippen molar-refractivity contribution in [3.05, 3.63) is 12.7 Å². The molecule has 26 heavy (non-hydrogen) atoms. The molecule has 2 aliphatic heterocycles. The Balaban J connectivity index is 1.50. The zero-order valence-corrected chi connectivity index (χ0v) is 14.5. The largest absolute Gasteiger partial charge is 0.405 e. The van der Waals surface area contributed by atoms with Crippen molar-refractivity contribution >= 4 is 24.7 Å². The molecule has 2 saturated heterocycles. The van der Waals surface area contributed by atoms with Crippen LogP contribution in [-0.2, 0) is 18.3 Å². The molecule has 12 nitrogen and oxygen atoms in total. The van der Waals surface area contributed by atoms with Crippen LogP contribution < -0.4 is 10.8 Å². The molecule has 0 spiro atoms. The van der Waals surface area contributed by atoms with Crippen molar-refractivity contribution in [1.82, 2.24) is 24.6 Å². The number of nitrogens with one attached hydrogen (secondary N) is 1. The minimum absolute atomic E-state index is 0.195. The van der Waals surface area contributed by atoms with Crippen molar-refractivity contribution in [3.8, 4) is 0 Å². The van der Waals surface area contributed by atoms with Crippen molar-refractivity contribution in [2.24, 2.45) is 0 Å². The number of ether oxygens (including phenoxy) is 1. The molecular weight excluding hydrogens is 367 g/mol. The Morgan fingerprint density at radius 2 is 2.23 bits per heavy atom. The lowest BCUT2D eigenvalue weighted by Gasteiger charge is -2.25. The Labute approximate surface area is 147 Å². The molecule has 2 aromatic rings. The molecule has 0 radical (unpaired) electrons. The van der Waals surface area contributed by atoms with Crippen molar-refractivity contribution in [3.63, 3.8) is 0 Å². The van der Waals surface area contributed by atoms with Gasteiger partial charge in [0.2, 0.25) is 0 Å². The number of aromatic nitrogens is 4. The Kier molecular flexibility index (Phi) is 4.65. The molecule has 2 unspecified atom stereocenters. The quantitative estimate of drug-likeness (QED) is 0.484. The van der Waals surface area contributed by atoms with Crippen molar-refractivity contribution in [2.75, 3.05) is 25.5 Å². The van der Waals surface area contributed by atoms with E-state index in [1.54, 1.807) is 0 Å². The SMILES string of the molecule is Nc1ncnc2c1ncn2C1O[C@H](COP2(=O)NCCCO2)[C@@H](O)[C@@H]1O. The van der Waals surface area contributed by atoms with Crippen LogP contribution in [0.3, 0.4) is 0 Å². The molecule has 0 bridgehead atoms. The summed E-state index contributed by atoms with van der Waals surface area (Å²) in [5.74, 6) is 0.195. The van der Waals surface area contributed by atoms with Crippen LogP contribution in [0.15, 0.2) is 12.7 Å². The van der Waals surface area contributed by atoms with Gasteiger partial charge in [0.25, 0.3) is 0 Å². The van der Waals surface area contributed by atoms with E-state index in [1.165, 1.54) is 17.2 Å². The minimum atomic E-state index is -3.42. The molecule has 142 valence electrons. The Hall–Kier alpha value is -1.66. The smallest absolute Gasteiger partial charge is 0.387 e. The topological polar surface area (TPSA) is 167 Å². The molecule has 0 aliphatic carbocycles. The zero-order chi connectivity index (χ0) is 18.3. The van der Waals surface area contributed by atoms with Gasteiger partial charge in [-0.25, -0.2) is 24.6 Å². The normalized spacial score (nSPS) is 35.2. The van der Waals surface area contributed by atoms with Crippen molar-refractivity contribution in [1.29, 1.82) is 0 Å². The van der Waals surface area contributed by atoms with E-state index in [0.29, 0.717) is 24.3 Å². The minimum Gasteiger partial charge on any atom is -0.387 e. The lowest BCUT2D eigenvalue weighted by molar-refractivity contribution is -0.0497. The molecule has 4 heterocycles. The molecule has 2 aliphatic rings. The van der Waals surface area contributed by atoms with Crippen LogP contribution in [0.4, 0.5) is 5.82 Å². The summed E-state index contributed by atoms with van der Waals surface area (Å²) in [7, 11) is -3.42. The van der Waals surface area contributed by atoms with Gasteiger partial charge in [0.1, 0.15) is 30.2 Å². The van der Waals surface area contributed by atoms with E-state index in [1.807, 2.05) is 0 Å². The van der Waals surface area contributed by atoms with Crippen LogP contribution in [0.5, 0.6) is 0 Å². The number of aliphatic hydroxyl groups is 2. The lowest BCUT2D eigenvalue weighted by Crippen LogP contribution is -2.34. The third-order valence-corrected chi connectivity index (χ3v) is 5.92. The first kappa shape index (κ1) is 17.7. The van der Waals surface area contributed by atoms with Crippen LogP contribution in [0, 0.1) is 0 Å². The highest BCUT2D eigenvalue weighted by atomic mass is 31.2. The molecule has 4 rings (SSSR count). The van der Waals surface area contributed by atoms with Gasteiger partial charge in [-0.15, -0.1) is 0 Å². The summed E-state index contributed by atoms with van der Waals surface area (Å²) in [6, 6.07) is 0. The fourth-order valence-electron chi connectivity index (χ4n) is 2.93. The van der Waals surface area contributed by atoms with Gasteiger partial charge < -0.3 is 20.7 Å². The second kappa shape index (κ2) is 6.82. The third-order valence-electron chi connectivity index (χ3n) is 4.30. The van der Waals surface area contributed by atoms with E-state index in [9.17, 15) is 14.8 Å². The molecule has 2 fully saturated rings. The summed E-state index contributed by atoms with van der Waals surface area (Å²) in [5.41, 5.74) is 6.47. The monoisotopic (exact) mass is 386 g/mol. The molecule has 5 atom stereocenters. The van der Waals surface area contributed by atoms with E-state index < -0.39 is 32.3 Å². The molecule has 0 amide bonds. The van der Waals surface area contributed by atoms with Crippen LogP contribution in [0.1, 0.15) is 12.6 Å². The number of imidazole rings is 1. The van der Waals surface area contributed by atoms with E-state index in [-0.39, 0.29) is 12.4 Å². The van der Waals surface area contributed by atoms with Gasteiger partial charge in [-0.1, -0.05) is 0 Å². The summed E-state index contributed by atoms with van der Waals surface area (Å²) < 4.78 is 29.9. The standard InChI is InChI=1S/C13H19N6O6P/c14-11-8-12(16-5-15-11)19(6-17-8)13-10(21)9(20)7(25-13)4-24-26(22)18-2-1-3-23-26/h5-7,9-10,13,20-21H,1-4H2,(H,18,22)(H2,14,15,16)/t7-,9-,10+,13?,26?/m1/s1. The Bertz CT molecular complexity index is 838. The first-order valence-electron chi connectivity index (χ1n) is 8.07. The molecule has 13 heteroatoms. The molecule has 0 aromatic carbocycles. The maximum Gasteiger partial charge on any atom is 0.405 e. The molecular formula is C13H19N6O6P. The number of nitrogen functional groups attached to an aromatic ring is 1. The van der Waals surface area contributed by atoms with Gasteiger partial charge >= 0.3 is 7.75 Å². The fourth-order valence-corrected chi connectivity index (χ4v) is 4.33. The summed E-state index contributed by atoms with van der Waals surface area (Å²) in [6.07, 6.45) is -0.996. The predicted octanol–water partition coefficient (Wildman–Crippen LogP) is -0.838. The summed E-state index contributed by atoms with van der Waals surface area (Å²) in [5, 5.41) is 23.3. The van der Waals surface area contributed by atoms with E-state index in [0.717, 1.165) is 6.42 Å². The van der Waals surface area contributed by atoms with Crippen LogP contribution in [0.2, 0.25) is 0 Å². The average molecular weight is 386 g/mol. The summed E-state index contributed by atoms with van der Waals surface area (Å²) in [6.45, 7) is 0.618. The van der Waals surface area contributed by atoms with Gasteiger partial charge in [0, 0.05) is 6.54 Å². The zero-order valence-electron chi connectivity index (χ0n) is 13.6. The van der Waals surface area contributed by atoms with Crippen molar-refractivity contribution < 1.29 is 28.6 Å². The maximum absolute atomic E-state index is 12.3. The van der Waals surface area contributed by atoms with Crippen LogP contribution in [0.25, 0.3) is 11.2 Å². The van der Waals surface area contributed by atoms with Gasteiger partial charge in [-0.3, -0.25) is 13.6 Å². The first-order valence-corrected chi connectivity index (χ1v) is 9.62. The number of aliphatic hydroxyl groups excluding tert-OH is 2. The van der Waals surface area contributed by atoms with Crippen LogP contribution in [-0.4, -0.2) is 67.8 Å². The number of nitrogens with two attached hydrogens (primary N) is 1. The second-order valence-corrected chi connectivity index (χ2v) is 7.84. The van der Waals surface area contributed by atoms with Gasteiger partial charge in [0.05, 0.1) is 19.5 Å². The summed E-state index contributed by atoms with van der Waals surface area (Å²) >= 11 is 0. The first-order chi connectivity index (χ1) is 12.5. The number of fused-ring (bicyclic) bond motifs is 1. The van der Waals surface area contributed by atoms with Gasteiger partial charge in [-0.2, -0.15) is 0 Å². The maximum atomic E-state index is 12.3. The third kappa shape index (κ3) is 3.09. The second-order valence-electron chi connectivity index (χ2n) is 6.02. The summed E-state index contributed by atoms with van der Waals surface area (Å²) in [4.78, 5) is 12.1. The van der Waals surface area contributed by atoms with Crippen LogP contribution >= 0.6 is 7.75 Å². The number of rotatable bonds is 4.